The third-order valence-electron chi connectivity index (χ3n) is 3.74. The van der Waals surface area contributed by atoms with Crippen LogP contribution < -0.4 is 15.4 Å². The first kappa shape index (κ1) is 16.4. The van der Waals surface area contributed by atoms with Gasteiger partial charge in [0.05, 0.1) is 11.2 Å². The SMILES string of the molecule is CCNS(=O)(=O)CCNC(=O)C1(CC)CCNCC1. The van der Waals surface area contributed by atoms with Crippen LogP contribution in [0.2, 0.25) is 0 Å². The van der Waals surface area contributed by atoms with E-state index in [4.69, 9.17) is 0 Å². The first-order valence-corrected chi connectivity index (χ1v) is 8.57. The van der Waals surface area contributed by atoms with Crippen LogP contribution in [0.3, 0.4) is 0 Å². The number of amides is 1. The van der Waals surface area contributed by atoms with Gasteiger partial charge in [-0.15, -0.1) is 0 Å². The second kappa shape index (κ2) is 7.21. The molecule has 3 N–H and O–H groups in total. The van der Waals surface area contributed by atoms with Gasteiger partial charge in [0.25, 0.3) is 0 Å². The summed E-state index contributed by atoms with van der Waals surface area (Å²) in [6.07, 6.45) is 2.42. The lowest BCUT2D eigenvalue weighted by molar-refractivity contribution is -0.132. The molecule has 0 aromatic carbocycles. The molecule has 6 nitrogen and oxygen atoms in total. The van der Waals surface area contributed by atoms with Crippen molar-refractivity contribution < 1.29 is 13.2 Å². The minimum absolute atomic E-state index is 0.0109. The van der Waals surface area contributed by atoms with Crippen LogP contribution >= 0.6 is 0 Å². The van der Waals surface area contributed by atoms with Crippen molar-refractivity contribution in [3.05, 3.63) is 0 Å². The number of hydrogen-bond donors (Lipinski definition) is 3. The van der Waals surface area contributed by atoms with E-state index in [0.717, 1.165) is 32.4 Å². The molecule has 0 aliphatic carbocycles. The number of carbonyl (C=O) groups excluding carboxylic acids is 1. The van der Waals surface area contributed by atoms with Crippen molar-refractivity contribution in [3.8, 4) is 0 Å². The summed E-state index contributed by atoms with van der Waals surface area (Å²) in [6, 6.07) is 0. The number of hydrogen-bond acceptors (Lipinski definition) is 4. The summed E-state index contributed by atoms with van der Waals surface area (Å²) in [6.45, 7) is 5.98. The Morgan fingerprint density at radius 2 is 1.89 bits per heavy atom. The molecule has 1 heterocycles. The Morgan fingerprint density at radius 3 is 2.42 bits per heavy atom. The average molecular weight is 291 g/mol. The second-order valence-electron chi connectivity index (χ2n) is 4.96. The highest BCUT2D eigenvalue weighted by Gasteiger charge is 2.37. The van der Waals surface area contributed by atoms with Gasteiger partial charge in [0.2, 0.25) is 15.9 Å². The molecule has 0 radical (unpaired) electrons. The van der Waals surface area contributed by atoms with E-state index in [9.17, 15) is 13.2 Å². The Kier molecular flexibility index (Phi) is 6.22. The molecular formula is C12H25N3O3S. The van der Waals surface area contributed by atoms with Crippen molar-refractivity contribution in [2.75, 3.05) is 31.9 Å². The Balaban J connectivity index is 2.46. The Hall–Kier alpha value is -0.660. The van der Waals surface area contributed by atoms with Crippen LogP contribution in [0.25, 0.3) is 0 Å². The smallest absolute Gasteiger partial charge is 0.226 e. The molecule has 0 aromatic heterocycles. The lowest BCUT2D eigenvalue weighted by atomic mass is 9.76. The molecule has 1 aliphatic rings. The molecule has 1 amide bonds. The van der Waals surface area contributed by atoms with Gasteiger partial charge in [-0.2, -0.15) is 0 Å². The summed E-state index contributed by atoms with van der Waals surface area (Å²) < 4.78 is 25.3. The molecule has 0 bridgehead atoms. The quantitative estimate of drug-likeness (QED) is 0.607. The van der Waals surface area contributed by atoms with E-state index in [-0.39, 0.29) is 23.6 Å². The highest BCUT2D eigenvalue weighted by molar-refractivity contribution is 7.89. The molecular weight excluding hydrogens is 266 g/mol. The van der Waals surface area contributed by atoms with Gasteiger partial charge in [-0.25, -0.2) is 13.1 Å². The highest BCUT2D eigenvalue weighted by atomic mass is 32.2. The summed E-state index contributed by atoms with van der Waals surface area (Å²) in [7, 11) is -3.26. The lowest BCUT2D eigenvalue weighted by Crippen LogP contribution is -2.48. The standard InChI is InChI=1S/C12H25N3O3S/c1-3-12(5-7-13-8-6-12)11(16)14-9-10-19(17,18)15-4-2/h13,15H,3-10H2,1-2H3,(H,14,16). The fraction of sp³-hybridized carbons (Fsp3) is 0.917. The van der Waals surface area contributed by atoms with E-state index in [0.29, 0.717) is 6.54 Å². The van der Waals surface area contributed by atoms with Crippen molar-refractivity contribution in [3.63, 3.8) is 0 Å². The molecule has 0 aromatic rings. The number of nitrogens with one attached hydrogen (secondary N) is 3. The van der Waals surface area contributed by atoms with Gasteiger partial charge in [0.15, 0.2) is 0 Å². The highest BCUT2D eigenvalue weighted by Crippen LogP contribution is 2.32. The van der Waals surface area contributed by atoms with Crippen molar-refractivity contribution in [2.45, 2.75) is 33.1 Å². The topological polar surface area (TPSA) is 87.3 Å². The number of sulfonamides is 1. The summed E-state index contributed by atoms with van der Waals surface area (Å²) in [5.41, 5.74) is -0.326. The van der Waals surface area contributed by atoms with Gasteiger partial charge in [-0.3, -0.25) is 4.79 Å². The average Bonchev–Trinajstić information content (AvgIpc) is 2.39. The zero-order valence-electron chi connectivity index (χ0n) is 11.8. The zero-order chi connectivity index (χ0) is 14.4. The summed E-state index contributed by atoms with van der Waals surface area (Å²) in [5.74, 6) is -0.0758. The first-order valence-electron chi connectivity index (χ1n) is 6.92. The Morgan fingerprint density at radius 1 is 1.26 bits per heavy atom. The van der Waals surface area contributed by atoms with Gasteiger partial charge in [0, 0.05) is 13.1 Å². The minimum Gasteiger partial charge on any atom is -0.355 e. The molecule has 1 aliphatic heterocycles. The number of rotatable bonds is 7. The van der Waals surface area contributed by atoms with Crippen LogP contribution in [-0.4, -0.2) is 46.3 Å². The Labute approximate surface area is 115 Å². The number of carbonyl (C=O) groups is 1. The van der Waals surface area contributed by atoms with Crippen LogP contribution in [0.5, 0.6) is 0 Å². The van der Waals surface area contributed by atoms with E-state index in [1.165, 1.54) is 0 Å². The molecule has 1 fully saturated rings. The fourth-order valence-electron chi connectivity index (χ4n) is 2.43. The van der Waals surface area contributed by atoms with Crippen LogP contribution in [-0.2, 0) is 14.8 Å². The zero-order valence-corrected chi connectivity index (χ0v) is 12.6. The van der Waals surface area contributed by atoms with Crippen LogP contribution in [0, 0.1) is 5.41 Å². The lowest BCUT2D eigenvalue weighted by Gasteiger charge is -2.35. The van der Waals surface area contributed by atoms with E-state index in [2.05, 4.69) is 15.4 Å². The van der Waals surface area contributed by atoms with E-state index >= 15 is 0 Å². The van der Waals surface area contributed by atoms with Crippen LogP contribution in [0.1, 0.15) is 33.1 Å². The fourth-order valence-corrected chi connectivity index (χ4v) is 3.38. The van der Waals surface area contributed by atoms with Crippen molar-refractivity contribution >= 4 is 15.9 Å². The molecule has 0 spiro atoms. The Bertz CT molecular complexity index is 389. The van der Waals surface area contributed by atoms with Crippen molar-refractivity contribution in [1.29, 1.82) is 0 Å². The minimum atomic E-state index is -3.26. The third kappa shape index (κ3) is 4.74. The molecule has 0 saturated carbocycles. The molecule has 112 valence electrons. The summed E-state index contributed by atoms with van der Waals surface area (Å²) in [5, 5.41) is 6.01. The van der Waals surface area contributed by atoms with Crippen LogP contribution in [0.15, 0.2) is 0 Å². The van der Waals surface area contributed by atoms with Crippen molar-refractivity contribution in [2.24, 2.45) is 5.41 Å². The van der Waals surface area contributed by atoms with E-state index < -0.39 is 10.0 Å². The molecule has 0 atom stereocenters. The molecule has 1 saturated heterocycles. The molecule has 1 rings (SSSR count). The third-order valence-corrected chi connectivity index (χ3v) is 5.21. The maximum Gasteiger partial charge on any atom is 0.226 e. The van der Waals surface area contributed by atoms with Gasteiger partial charge >= 0.3 is 0 Å². The van der Waals surface area contributed by atoms with E-state index in [1.807, 2.05) is 6.92 Å². The molecule has 0 unspecified atom stereocenters. The van der Waals surface area contributed by atoms with Gasteiger partial charge < -0.3 is 10.6 Å². The maximum atomic E-state index is 12.2. The van der Waals surface area contributed by atoms with E-state index in [1.54, 1.807) is 6.92 Å². The largest absolute Gasteiger partial charge is 0.355 e. The normalized spacial score (nSPS) is 19.1. The van der Waals surface area contributed by atoms with Crippen LogP contribution in [0.4, 0.5) is 0 Å². The first-order chi connectivity index (χ1) is 8.96. The monoisotopic (exact) mass is 291 g/mol. The summed E-state index contributed by atoms with van der Waals surface area (Å²) in [4.78, 5) is 12.2. The predicted octanol–water partition coefficient (Wildman–Crippen LogP) is -0.178. The van der Waals surface area contributed by atoms with Gasteiger partial charge in [-0.1, -0.05) is 13.8 Å². The molecule has 19 heavy (non-hydrogen) atoms. The maximum absolute atomic E-state index is 12.2. The predicted molar refractivity (Wildman–Crippen MR) is 75.3 cm³/mol. The van der Waals surface area contributed by atoms with Gasteiger partial charge in [0.1, 0.15) is 0 Å². The van der Waals surface area contributed by atoms with Gasteiger partial charge in [-0.05, 0) is 32.4 Å². The van der Waals surface area contributed by atoms with Crippen molar-refractivity contribution in [1.82, 2.24) is 15.4 Å². The molecule has 7 heteroatoms. The number of piperidine rings is 1. The second-order valence-corrected chi connectivity index (χ2v) is 6.88. The summed E-state index contributed by atoms with van der Waals surface area (Å²) >= 11 is 0.